The summed E-state index contributed by atoms with van der Waals surface area (Å²) in [5, 5.41) is 18.4. The average molecular weight is 529 g/mol. The number of carbonyl (C=O) groups is 2. The van der Waals surface area contributed by atoms with Crippen molar-refractivity contribution in [2.45, 2.75) is 32.4 Å². The molecule has 3 amide bonds. The molecule has 11 nitrogen and oxygen atoms in total. The topological polar surface area (TPSA) is 125 Å². The molecular formula is C24H22F3N7O4. The molecule has 1 saturated heterocycles. The molecule has 38 heavy (non-hydrogen) atoms. The molecule has 14 heteroatoms. The summed E-state index contributed by atoms with van der Waals surface area (Å²) in [4.78, 5) is 30.4. The number of rotatable bonds is 5. The zero-order valence-electron chi connectivity index (χ0n) is 20.2. The van der Waals surface area contributed by atoms with Gasteiger partial charge in [0.1, 0.15) is 17.7 Å². The highest BCUT2D eigenvalue weighted by Gasteiger charge is 2.39. The van der Waals surface area contributed by atoms with Gasteiger partial charge in [-0.15, -0.1) is 0 Å². The Morgan fingerprint density at radius 3 is 2.50 bits per heavy atom. The highest BCUT2D eigenvalue weighted by molar-refractivity contribution is 5.95. The van der Waals surface area contributed by atoms with Crippen LogP contribution in [0.3, 0.4) is 0 Å². The molecule has 4 heterocycles. The van der Waals surface area contributed by atoms with Gasteiger partial charge < -0.3 is 9.64 Å². The first-order valence-electron chi connectivity index (χ1n) is 11.6. The Morgan fingerprint density at radius 1 is 1.11 bits per heavy atom. The summed E-state index contributed by atoms with van der Waals surface area (Å²) in [7, 11) is 0. The number of carbonyl (C=O) groups excluding carboxylic acids is 2. The molecule has 198 valence electrons. The van der Waals surface area contributed by atoms with Gasteiger partial charge in [0.2, 0.25) is 0 Å². The van der Waals surface area contributed by atoms with Crippen LogP contribution in [0.1, 0.15) is 39.8 Å². The normalized spacial score (nSPS) is 17.1. The van der Waals surface area contributed by atoms with E-state index >= 15 is 0 Å². The molecule has 0 bridgehead atoms. The van der Waals surface area contributed by atoms with Crippen molar-refractivity contribution in [1.29, 1.82) is 0 Å². The average Bonchev–Trinajstić information content (AvgIpc) is 3.45. The SMILES string of the molecule is Cc1nn(-c2cc(OC3CN(C(=O)N4N=CC[C@H]4c4cc(F)cc(F)c4)C3)c(F)cn2)c(C)c1C(=O)NO. The molecule has 2 aliphatic heterocycles. The van der Waals surface area contributed by atoms with Gasteiger partial charge in [-0.3, -0.25) is 10.0 Å². The van der Waals surface area contributed by atoms with E-state index in [-0.39, 0.29) is 35.8 Å². The van der Waals surface area contributed by atoms with Gasteiger partial charge >= 0.3 is 6.03 Å². The maximum absolute atomic E-state index is 14.5. The van der Waals surface area contributed by atoms with Crippen LogP contribution in [0.25, 0.3) is 5.82 Å². The molecule has 1 atom stereocenters. The standard InChI is InChI=1S/C24H22F3N7O4/c1-12-22(23(35)31-37)13(2)33(30-12)21-8-20(18(27)9-28-21)38-17-10-32(11-17)24(36)34-19(3-4-29-34)14-5-15(25)7-16(26)6-14/h4-9,17,19,37H,3,10-11H2,1-2H3,(H,31,35)/t19-/m0/s1. The second kappa shape index (κ2) is 9.78. The van der Waals surface area contributed by atoms with Crippen LogP contribution in [0, 0.1) is 31.3 Å². The molecule has 5 rings (SSSR count). The number of nitrogens with zero attached hydrogens (tertiary/aromatic N) is 6. The Hall–Kier alpha value is -4.46. The quantitative estimate of drug-likeness (QED) is 0.387. The molecule has 0 aliphatic carbocycles. The number of hydrogen-bond acceptors (Lipinski definition) is 7. The van der Waals surface area contributed by atoms with E-state index in [0.717, 1.165) is 24.4 Å². The van der Waals surface area contributed by atoms with E-state index in [4.69, 9.17) is 9.94 Å². The van der Waals surface area contributed by atoms with Crippen molar-refractivity contribution in [3.63, 3.8) is 0 Å². The Balaban J connectivity index is 1.26. The Morgan fingerprint density at radius 2 is 1.82 bits per heavy atom. The molecule has 1 aromatic carbocycles. The van der Waals surface area contributed by atoms with Crippen molar-refractivity contribution in [3.05, 3.63) is 70.4 Å². The number of urea groups is 1. The molecule has 1 fully saturated rings. The van der Waals surface area contributed by atoms with Crippen molar-refractivity contribution in [2.75, 3.05) is 13.1 Å². The largest absolute Gasteiger partial charge is 0.483 e. The number of nitrogens with one attached hydrogen (secondary N) is 1. The summed E-state index contributed by atoms with van der Waals surface area (Å²) in [5.74, 6) is -2.91. The number of hydrogen-bond donors (Lipinski definition) is 2. The number of aryl methyl sites for hydroxylation is 1. The molecule has 0 radical (unpaired) electrons. The second-order valence-electron chi connectivity index (χ2n) is 8.90. The van der Waals surface area contributed by atoms with Crippen LogP contribution in [0.5, 0.6) is 5.75 Å². The number of amides is 3. The first-order chi connectivity index (χ1) is 18.2. The van der Waals surface area contributed by atoms with Crippen molar-refractivity contribution in [1.82, 2.24) is 30.2 Å². The van der Waals surface area contributed by atoms with Crippen molar-refractivity contribution in [3.8, 4) is 11.6 Å². The fourth-order valence-corrected chi connectivity index (χ4v) is 4.50. The third-order valence-electron chi connectivity index (χ3n) is 6.35. The van der Waals surface area contributed by atoms with E-state index in [0.29, 0.717) is 17.8 Å². The first kappa shape index (κ1) is 25.2. The fourth-order valence-electron chi connectivity index (χ4n) is 4.50. The minimum Gasteiger partial charge on any atom is -0.483 e. The zero-order valence-corrected chi connectivity index (χ0v) is 20.2. The first-order valence-corrected chi connectivity index (χ1v) is 11.6. The second-order valence-corrected chi connectivity index (χ2v) is 8.90. The predicted octanol–water partition coefficient (Wildman–Crippen LogP) is 3.04. The molecule has 0 unspecified atom stereocenters. The summed E-state index contributed by atoms with van der Waals surface area (Å²) in [6, 6.07) is 3.28. The smallest absolute Gasteiger partial charge is 0.341 e. The van der Waals surface area contributed by atoms with E-state index in [9.17, 15) is 22.8 Å². The highest BCUT2D eigenvalue weighted by Crippen LogP contribution is 2.32. The van der Waals surface area contributed by atoms with Crippen LogP contribution < -0.4 is 10.2 Å². The van der Waals surface area contributed by atoms with Crippen LogP contribution in [0.2, 0.25) is 0 Å². The third-order valence-corrected chi connectivity index (χ3v) is 6.35. The molecule has 3 aromatic rings. The van der Waals surface area contributed by atoms with Gasteiger partial charge in [-0.1, -0.05) is 0 Å². The summed E-state index contributed by atoms with van der Waals surface area (Å²) in [6.45, 7) is 3.44. The summed E-state index contributed by atoms with van der Waals surface area (Å²) in [6.07, 6.45) is 2.23. The lowest BCUT2D eigenvalue weighted by molar-refractivity contribution is 0.0256. The minimum absolute atomic E-state index is 0.125. The van der Waals surface area contributed by atoms with E-state index in [1.807, 2.05) is 0 Å². The summed E-state index contributed by atoms with van der Waals surface area (Å²) in [5.41, 5.74) is 2.71. The highest BCUT2D eigenvalue weighted by atomic mass is 19.1. The van der Waals surface area contributed by atoms with Gasteiger partial charge in [0.15, 0.2) is 17.4 Å². The van der Waals surface area contributed by atoms with Crippen LogP contribution in [-0.2, 0) is 0 Å². The van der Waals surface area contributed by atoms with Crippen molar-refractivity contribution < 1.29 is 32.7 Å². The van der Waals surface area contributed by atoms with Gasteiger partial charge in [0.05, 0.1) is 42.3 Å². The van der Waals surface area contributed by atoms with Crippen LogP contribution in [-0.4, -0.2) is 67.2 Å². The minimum atomic E-state index is -0.746. The lowest BCUT2D eigenvalue weighted by Gasteiger charge is -2.41. The molecule has 0 saturated carbocycles. The number of hydrazone groups is 1. The number of halogens is 3. The number of aromatic nitrogens is 3. The van der Waals surface area contributed by atoms with Gasteiger partial charge in [-0.25, -0.2) is 38.1 Å². The third kappa shape index (κ3) is 4.53. The Bertz CT molecular complexity index is 1430. The maximum atomic E-state index is 14.5. The molecule has 0 spiro atoms. The lowest BCUT2D eigenvalue weighted by atomic mass is 10.0. The van der Waals surface area contributed by atoms with E-state index in [1.165, 1.54) is 26.9 Å². The van der Waals surface area contributed by atoms with Crippen LogP contribution in [0.4, 0.5) is 18.0 Å². The molecule has 2 N–H and O–H groups in total. The fraction of sp³-hybridized carbons (Fsp3) is 0.292. The molecule has 2 aromatic heterocycles. The lowest BCUT2D eigenvalue weighted by Crippen LogP contribution is -2.58. The molecular weight excluding hydrogens is 507 g/mol. The van der Waals surface area contributed by atoms with Gasteiger partial charge in [0.25, 0.3) is 5.91 Å². The zero-order chi connectivity index (χ0) is 27.1. The Labute approximate surface area is 214 Å². The summed E-state index contributed by atoms with van der Waals surface area (Å²) >= 11 is 0. The number of hydroxylamine groups is 1. The van der Waals surface area contributed by atoms with Crippen molar-refractivity contribution in [2.24, 2.45) is 5.10 Å². The van der Waals surface area contributed by atoms with Gasteiger partial charge in [-0.05, 0) is 31.5 Å². The summed E-state index contributed by atoms with van der Waals surface area (Å²) < 4.78 is 48.9. The van der Waals surface area contributed by atoms with Crippen LogP contribution >= 0.6 is 0 Å². The monoisotopic (exact) mass is 529 g/mol. The van der Waals surface area contributed by atoms with Crippen molar-refractivity contribution >= 4 is 18.2 Å². The Kier molecular flexibility index (Phi) is 6.48. The van der Waals surface area contributed by atoms with Gasteiger partial charge in [-0.2, -0.15) is 10.2 Å². The van der Waals surface area contributed by atoms with Crippen LogP contribution in [0.15, 0.2) is 35.6 Å². The van der Waals surface area contributed by atoms with E-state index in [2.05, 4.69) is 15.2 Å². The molecule has 2 aliphatic rings. The number of benzene rings is 1. The maximum Gasteiger partial charge on any atom is 0.341 e. The number of likely N-dealkylation sites (tertiary alicyclic amines) is 1. The van der Waals surface area contributed by atoms with E-state index < -0.39 is 41.5 Å². The predicted molar refractivity (Wildman–Crippen MR) is 125 cm³/mol. The van der Waals surface area contributed by atoms with Gasteiger partial charge in [0, 0.05) is 24.8 Å². The van der Waals surface area contributed by atoms with E-state index in [1.54, 1.807) is 19.3 Å². The number of ether oxygens (including phenoxy) is 1. The number of pyridine rings is 1.